The Bertz CT molecular complexity index is 940. The number of esters is 1. The first-order valence-corrected chi connectivity index (χ1v) is 7.81. The molecule has 0 atom stereocenters. The van der Waals surface area contributed by atoms with Gasteiger partial charge in [0.15, 0.2) is 6.61 Å². The minimum atomic E-state index is -0.689. The molecule has 1 heterocycles. The van der Waals surface area contributed by atoms with Crippen molar-refractivity contribution in [2.45, 2.75) is 6.61 Å². The topological polar surface area (TPSA) is 120 Å². The number of urea groups is 1. The van der Waals surface area contributed by atoms with Crippen LogP contribution in [-0.2, 0) is 11.3 Å². The summed E-state index contributed by atoms with van der Waals surface area (Å²) in [5.74, 6) is -0.197. The van der Waals surface area contributed by atoms with Gasteiger partial charge in [0, 0.05) is 5.69 Å². The lowest BCUT2D eigenvalue weighted by atomic mass is 10.2. The fraction of sp³-hybridized carbons (Fsp3) is 0.0588. The molecule has 26 heavy (non-hydrogen) atoms. The number of anilines is 1. The Morgan fingerprint density at radius 1 is 1.12 bits per heavy atom. The molecule has 0 spiro atoms. The van der Waals surface area contributed by atoms with Gasteiger partial charge in [0.1, 0.15) is 0 Å². The maximum atomic E-state index is 12.0. The molecule has 0 unspecified atom stereocenters. The van der Waals surface area contributed by atoms with E-state index in [-0.39, 0.29) is 18.4 Å². The third-order valence-corrected chi connectivity index (χ3v) is 3.62. The number of nitrogens with one attached hydrogen (secondary N) is 1. The predicted molar refractivity (Wildman–Crippen MR) is 93.5 cm³/mol. The van der Waals surface area contributed by atoms with Crippen molar-refractivity contribution >= 4 is 29.3 Å². The Labute approximate surface area is 152 Å². The van der Waals surface area contributed by atoms with Crippen molar-refractivity contribution in [1.29, 1.82) is 0 Å². The molecule has 0 radical (unpaired) electrons. The molecule has 2 aromatic carbocycles. The van der Waals surface area contributed by atoms with Gasteiger partial charge in [0.05, 0.1) is 16.1 Å². The van der Waals surface area contributed by atoms with Crippen LogP contribution in [0.1, 0.15) is 16.2 Å². The van der Waals surface area contributed by atoms with Crippen molar-refractivity contribution in [3.05, 3.63) is 65.0 Å². The first-order valence-electron chi connectivity index (χ1n) is 7.44. The minimum absolute atomic E-state index is 0.139. The van der Waals surface area contributed by atoms with Crippen molar-refractivity contribution in [1.82, 2.24) is 10.2 Å². The van der Waals surface area contributed by atoms with Crippen LogP contribution in [0.25, 0.3) is 11.5 Å². The zero-order valence-corrected chi connectivity index (χ0v) is 14.1. The molecule has 2 amide bonds. The normalized spacial score (nSPS) is 10.3. The van der Waals surface area contributed by atoms with Gasteiger partial charge in [-0.25, -0.2) is 9.59 Å². The average Bonchev–Trinajstić information content (AvgIpc) is 3.09. The van der Waals surface area contributed by atoms with E-state index in [1.165, 1.54) is 24.3 Å². The quantitative estimate of drug-likeness (QED) is 0.663. The molecule has 0 aliphatic rings. The molecule has 3 rings (SSSR count). The van der Waals surface area contributed by atoms with E-state index in [9.17, 15) is 9.59 Å². The second kappa shape index (κ2) is 7.66. The van der Waals surface area contributed by atoms with Gasteiger partial charge >= 0.3 is 12.0 Å². The van der Waals surface area contributed by atoms with Gasteiger partial charge in [-0.1, -0.05) is 23.7 Å². The summed E-state index contributed by atoms with van der Waals surface area (Å²) < 4.78 is 10.6. The lowest BCUT2D eigenvalue weighted by Crippen LogP contribution is -2.19. The van der Waals surface area contributed by atoms with Crippen LogP contribution >= 0.6 is 11.6 Å². The van der Waals surface area contributed by atoms with Crippen molar-refractivity contribution in [2.75, 3.05) is 5.32 Å². The van der Waals surface area contributed by atoms with E-state index in [4.69, 9.17) is 26.5 Å². The van der Waals surface area contributed by atoms with E-state index in [1.54, 1.807) is 24.3 Å². The Hall–Kier alpha value is -3.39. The van der Waals surface area contributed by atoms with Gasteiger partial charge in [-0.2, -0.15) is 0 Å². The SMILES string of the molecule is NC(=O)Nc1ccc(C(=O)OCc2nnc(-c3ccccc3Cl)o2)cc1. The summed E-state index contributed by atoms with van der Waals surface area (Å²) in [4.78, 5) is 22.8. The lowest BCUT2D eigenvalue weighted by molar-refractivity contribution is 0.0438. The summed E-state index contributed by atoms with van der Waals surface area (Å²) in [5.41, 5.74) is 6.37. The number of carbonyl (C=O) groups is 2. The summed E-state index contributed by atoms with van der Waals surface area (Å²) in [5, 5.41) is 10.6. The molecule has 0 saturated carbocycles. The first-order chi connectivity index (χ1) is 12.5. The zero-order chi connectivity index (χ0) is 18.5. The number of nitrogens with zero attached hydrogens (tertiary/aromatic N) is 2. The number of hydrogen-bond acceptors (Lipinski definition) is 6. The van der Waals surface area contributed by atoms with Crippen LogP contribution < -0.4 is 11.1 Å². The van der Waals surface area contributed by atoms with E-state index >= 15 is 0 Å². The summed E-state index contributed by atoms with van der Waals surface area (Å²) >= 11 is 6.07. The van der Waals surface area contributed by atoms with Crippen molar-refractivity contribution in [3.8, 4) is 11.5 Å². The average molecular weight is 373 g/mol. The van der Waals surface area contributed by atoms with Gasteiger partial charge in [0.2, 0.25) is 5.89 Å². The van der Waals surface area contributed by atoms with Crippen LogP contribution in [0.2, 0.25) is 5.02 Å². The number of aromatic nitrogens is 2. The Kier molecular flexibility index (Phi) is 5.14. The smallest absolute Gasteiger partial charge is 0.338 e. The van der Waals surface area contributed by atoms with Gasteiger partial charge in [-0.3, -0.25) is 0 Å². The molecule has 8 nitrogen and oxygen atoms in total. The van der Waals surface area contributed by atoms with Crippen molar-refractivity contribution in [3.63, 3.8) is 0 Å². The summed E-state index contributed by atoms with van der Waals surface area (Å²) in [6, 6.07) is 12.4. The number of ether oxygens (including phenoxy) is 1. The van der Waals surface area contributed by atoms with Crippen LogP contribution in [0.15, 0.2) is 52.9 Å². The highest BCUT2D eigenvalue weighted by molar-refractivity contribution is 6.33. The molecule has 3 N–H and O–H groups in total. The zero-order valence-electron chi connectivity index (χ0n) is 13.3. The van der Waals surface area contributed by atoms with Gasteiger partial charge < -0.3 is 20.2 Å². The first kappa shape index (κ1) is 17.4. The van der Waals surface area contributed by atoms with Crippen LogP contribution in [0, 0.1) is 0 Å². The molecular formula is C17H13ClN4O4. The van der Waals surface area contributed by atoms with Crippen molar-refractivity contribution < 1.29 is 18.7 Å². The second-order valence-corrected chi connectivity index (χ2v) is 5.53. The Balaban J connectivity index is 1.61. The lowest BCUT2D eigenvalue weighted by Gasteiger charge is -2.04. The molecule has 132 valence electrons. The predicted octanol–water partition coefficient (Wildman–Crippen LogP) is 3.24. The molecule has 1 aromatic heterocycles. The Morgan fingerprint density at radius 2 is 1.85 bits per heavy atom. The van der Waals surface area contributed by atoms with Crippen LogP contribution in [0.4, 0.5) is 10.5 Å². The summed E-state index contributed by atoms with van der Waals surface area (Å²) in [6.45, 7) is -0.183. The molecule has 0 aliphatic carbocycles. The van der Waals surface area contributed by atoms with Gasteiger partial charge in [-0.15, -0.1) is 10.2 Å². The number of primary amides is 1. The van der Waals surface area contributed by atoms with E-state index in [0.29, 0.717) is 21.8 Å². The number of hydrogen-bond donors (Lipinski definition) is 2. The monoisotopic (exact) mass is 372 g/mol. The third kappa shape index (κ3) is 4.17. The Morgan fingerprint density at radius 3 is 2.54 bits per heavy atom. The molecule has 0 fully saturated rings. The maximum Gasteiger partial charge on any atom is 0.338 e. The molecule has 0 bridgehead atoms. The summed E-state index contributed by atoms with van der Waals surface area (Å²) in [6.07, 6.45) is 0. The van der Waals surface area contributed by atoms with E-state index in [1.807, 2.05) is 0 Å². The fourth-order valence-corrected chi connectivity index (χ4v) is 2.31. The number of nitrogens with two attached hydrogens (primary N) is 1. The van der Waals surface area contributed by atoms with E-state index in [0.717, 1.165) is 0 Å². The molecule has 9 heteroatoms. The highest BCUT2D eigenvalue weighted by Gasteiger charge is 2.14. The summed E-state index contributed by atoms with van der Waals surface area (Å²) in [7, 11) is 0. The standard InChI is InChI=1S/C17H13ClN4O4/c18-13-4-2-1-3-12(13)15-22-21-14(26-15)9-25-16(23)10-5-7-11(8-6-10)20-17(19)24/h1-8H,9H2,(H3,19,20,24). The van der Waals surface area contributed by atoms with E-state index in [2.05, 4.69) is 15.5 Å². The van der Waals surface area contributed by atoms with Crippen LogP contribution in [0.5, 0.6) is 0 Å². The molecule has 0 saturated heterocycles. The third-order valence-electron chi connectivity index (χ3n) is 3.29. The van der Waals surface area contributed by atoms with E-state index < -0.39 is 12.0 Å². The number of amides is 2. The number of carbonyl (C=O) groups excluding carboxylic acids is 2. The second-order valence-electron chi connectivity index (χ2n) is 5.12. The largest absolute Gasteiger partial charge is 0.452 e. The van der Waals surface area contributed by atoms with Crippen LogP contribution in [0.3, 0.4) is 0 Å². The highest BCUT2D eigenvalue weighted by atomic mass is 35.5. The minimum Gasteiger partial charge on any atom is -0.452 e. The molecule has 3 aromatic rings. The van der Waals surface area contributed by atoms with Gasteiger partial charge in [0.25, 0.3) is 5.89 Å². The fourth-order valence-electron chi connectivity index (χ4n) is 2.10. The number of halogens is 1. The highest BCUT2D eigenvalue weighted by Crippen LogP contribution is 2.26. The van der Waals surface area contributed by atoms with Crippen LogP contribution in [-0.4, -0.2) is 22.2 Å². The van der Waals surface area contributed by atoms with Crippen molar-refractivity contribution in [2.24, 2.45) is 5.73 Å². The molecular weight excluding hydrogens is 360 g/mol. The maximum absolute atomic E-state index is 12.0. The van der Waals surface area contributed by atoms with Gasteiger partial charge in [-0.05, 0) is 36.4 Å². The number of rotatable bonds is 5. The number of benzene rings is 2. The molecule has 0 aliphatic heterocycles.